The van der Waals surface area contributed by atoms with E-state index in [2.05, 4.69) is 59.7 Å². The Hall–Kier alpha value is -9.61. The molecule has 16 rings (SSSR count). The number of aromatic nitrogens is 4. The highest BCUT2D eigenvalue weighted by Gasteiger charge is 2.32. The van der Waals surface area contributed by atoms with Gasteiger partial charge in [0.25, 0.3) is 17.7 Å². The molecule has 1 aliphatic carbocycles. The molecule has 0 radical (unpaired) electrons. The van der Waals surface area contributed by atoms with Crippen LogP contribution in [0, 0.1) is 65.7 Å². The first-order valence-electron chi connectivity index (χ1n) is 33.4. The number of nitriles is 1. The predicted molar refractivity (Wildman–Crippen MR) is 400 cm³/mol. The van der Waals surface area contributed by atoms with Gasteiger partial charge in [-0.05, 0) is 162 Å². The summed E-state index contributed by atoms with van der Waals surface area (Å²) in [4.78, 5) is 81.6. The maximum Gasteiger partial charge on any atom is 0.258 e. The first-order valence-corrected chi connectivity index (χ1v) is 36.6. The lowest BCUT2D eigenvalue weighted by Gasteiger charge is -2.23. The minimum atomic E-state index is -0.0445. The molecule has 3 amide bonds. The van der Waals surface area contributed by atoms with E-state index in [1.54, 1.807) is 52.2 Å². The Morgan fingerprint density at radius 2 is 0.857 bits per heavy atom. The predicted octanol–water partition coefficient (Wildman–Crippen LogP) is 17.2. The van der Waals surface area contributed by atoms with Gasteiger partial charge in [-0.15, -0.1) is 45.3 Å². The van der Waals surface area contributed by atoms with E-state index in [-0.39, 0.29) is 17.7 Å². The van der Waals surface area contributed by atoms with E-state index in [4.69, 9.17) is 25.9 Å². The highest BCUT2D eigenvalue weighted by atomic mass is 32.1. The Labute approximate surface area is 588 Å². The molecular weight excluding hydrogens is 1290 g/mol. The number of benzene rings is 7. The minimum absolute atomic E-state index is 0.0167. The fourth-order valence-electron chi connectivity index (χ4n) is 13.3. The third-order valence-corrected chi connectivity index (χ3v) is 22.6. The molecule has 0 saturated heterocycles. The summed E-state index contributed by atoms with van der Waals surface area (Å²) in [5.74, 6) is 0.693. The molecule has 7 aromatic carbocycles. The van der Waals surface area contributed by atoms with Gasteiger partial charge >= 0.3 is 0 Å². The number of carbonyl (C=O) groups is 4. The zero-order valence-corrected chi connectivity index (χ0v) is 59.4. The van der Waals surface area contributed by atoms with Crippen molar-refractivity contribution in [2.45, 2.75) is 106 Å². The van der Waals surface area contributed by atoms with Crippen molar-refractivity contribution in [1.82, 2.24) is 19.9 Å². The maximum absolute atomic E-state index is 13.5. The molecule has 5 aliphatic rings. The Morgan fingerprint density at radius 3 is 1.27 bits per heavy atom. The first-order chi connectivity index (χ1) is 47.5. The Kier molecular flexibility index (Phi) is 20.0. The van der Waals surface area contributed by atoms with Gasteiger partial charge in [-0.2, -0.15) is 5.26 Å². The lowest BCUT2D eigenvalue weighted by molar-refractivity contribution is -0.120. The van der Waals surface area contributed by atoms with E-state index < -0.39 is 0 Å². The molecule has 4 aliphatic heterocycles. The summed E-state index contributed by atoms with van der Waals surface area (Å²) in [5, 5.41) is 16.9. The van der Waals surface area contributed by atoms with Crippen LogP contribution in [0.25, 0.3) is 45.0 Å². The zero-order chi connectivity index (χ0) is 68.3. The van der Waals surface area contributed by atoms with Crippen LogP contribution < -0.4 is 25.8 Å². The number of aryl methyl sites for hydroxylation is 8. The second-order valence-corrected chi connectivity index (χ2v) is 30.4. The van der Waals surface area contributed by atoms with Crippen LogP contribution in [0.4, 0.5) is 22.7 Å². The molecule has 4 aromatic heterocycles. The van der Waals surface area contributed by atoms with Gasteiger partial charge < -0.3 is 25.8 Å². The fraction of sp³-hybridized carbons (Fsp3) is 0.263. The van der Waals surface area contributed by atoms with E-state index >= 15 is 0 Å². The molecule has 3 N–H and O–H groups in total. The summed E-state index contributed by atoms with van der Waals surface area (Å²) in [6.07, 6.45) is 6.98. The largest absolute Gasteiger partial charge is 0.384 e. The van der Waals surface area contributed by atoms with Crippen molar-refractivity contribution < 1.29 is 19.2 Å². The van der Waals surface area contributed by atoms with Crippen LogP contribution in [0.1, 0.15) is 123 Å². The number of Topliss-reactive ketones (excluding diaryl/α,β-unsaturated/α-hetero) is 1. The molecule has 0 atom stereocenters. The SMILES string of the molecule is Cc1nc2c(s1)CCN(C(=O)c1ccc(C#N)c(C)c1)c1ccccc1-2.Cc1nc2c(s1)CCN(C(=O)c1ccc(CCC(=O)C3CC3)c(C)c1)c1ccccc1-2.Cc1nc2c(s1)CCN(C(=O)c1ccc(CN)c(C)c1)c1ccccc1-2.Cc1nc2c(s1)CCNc1ccccc1-2. The van der Waals surface area contributed by atoms with Gasteiger partial charge in [-0.25, -0.2) is 19.9 Å². The zero-order valence-electron chi connectivity index (χ0n) is 56.1. The van der Waals surface area contributed by atoms with Gasteiger partial charge in [0, 0.05) is 135 Å². The number of fused-ring (bicyclic) bond motifs is 12. The number of anilines is 4. The average Bonchev–Trinajstić information content (AvgIpc) is 1.61. The number of nitrogens with zero attached hydrogens (tertiary/aromatic N) is 8. The lowest BCUT2D eigenvalue weighted by Crippen LogP contribution is -2.32. The van der Waals surface area contributed by atoms with Crippen molar-refractivity contribution in [1.29, 1.82) is 5.26 Å². The molecule has 18 heteroatoms. The smallest absolute Gasteiger partial charge is 0.258 e. The van der Waals surface area contributed by atoms with Gasteiger partial charge in [0.1, 0.15) is 5.78 Å². The van der Waals surface area contributed by atoms with Gasteiger partial charge in [0.15, 0.2) is 0 Å². The second kappa shape index (κ2) is 29.2. The highest BCUT2D eigenvalue weighted by Crippen LogP contribution is 2.43. The van der Waals surface area contributed by atoms with Gasteiger partial charge in [0.2, 0.25) is 0 Å². The molecular formula is C80H76N10O4S4. The standard InChI is InChI=1S/C26H26N2O2S.C21H21N3OS.C21H17N3OS.C12H12N2S/c1-16-15-20(10-7-18(16)11-12-23(29)19-8-9-19)26(30)28-14-13-24-25(27-17(2)31-24)21-5-3-4-6-22(21)28;2*1-13-11-15(7-8-16(13)12-22)21(25)24-10-9-19-20(23-14(2)26-19)17-5-3-4-6-18(17)24;1-8-14-12-9-4-2-3-5-10(9)13-7-6-11(12)15-8/h3-7,10,15,19H,8-9,11-14H2,1-2H3;3-8,11H,9-10,12,22H2,1-2H3;3-8,11H,9-10H2,1-2H3;2-5,13H,6-7H2,1H3. The van der Waals surface area contributed by atoms with Crippen LogP contribution >= 0.6 is 45.3 Å². The van der Waals surface area contributed by atoms with Crippen molar-refractivity contribution in [3.8, 4) is 51.1 Å². The molecule has 0 spiro atoms. The number of hydrogen-bond acceptors (Lipinski definition) is 15. The number of ketones is 1. The Morgan fingerprint density at radius 1 is 0.480 bits per heavy atom. The minimum Gasteiger partial charge on any atom is -0.384 e. The summed E-state index contributed by atoms with van der Waals surface area (Å²) in [6, 6.07) is 51.6. The van der Waals surface area contributed by atoms with Gasteiger partial charge in [0.05, 0.1) is 71.5 Å². The first kappa shape index (κ1) is 67.0. The van der Waals surface area contributed by atoms with Crippen LogP contribution in [-0.2, 0) is 43.4 Å². The van der Waals surface area contributed by atoms with E-state index in [0.717, 1.165) is 150 Å². The molecule has 98 heavy (non-hydrogen) atoms. The highest BCUT2D eigenvalue weighted by molar-refractivity contribution is 7.13. The van der Waals surface area contributed by atoms with Crippen molar-refractivity contribution in [2.24, 2.45) is 11.7 Å². The summed E-state index contributed by atoms with van der Waals surface area (Å²) in [6.45, 7) is 17.5. The normalized spacial score (nSPS) is 13.8. The van der Waals surface area contributed by atoms with E-state index in [0.29, 0.717) is 66.6 Å². The van der Waals surface area contributed by atoms with Gasteiger partial charge in [-0.1, -0.05) is 84.9 Å². The number of amides is 3. The van der Waals surface area contributed by atoms with Crippen LogP contribution in [0.5, 0.6) is 0 Å². The van der Waals surface area contributed by atoms with E-state index in [9.17, 15) is 19.2 Å². The van der Waals surface area contributed by atoms with Crippen LogP contribution in [-0.4, -0.2) is 69.6 Å². The van der Waals surface area contributed by atoms with E-state index in [1.807, 2.05) is 165 Å². The number of thiazole rings is 4. The molecule has 0 unspecified atom stereocenters. The van der Waals surface area contributed by atoms with E-state index in [1.165, 1.54) is 36.5 Å². The topological polar surface area (TPSA) is 191 Å². The summed E-state index contributed by atoms with van der Waals surface area (Å²) in [7, 11) is 0. The molecule has 0 bridgehead atoms. The van der Waals surface area contributed by atoms with Crippen molar-refractivity contribution in [3.05, 3.63) is 241 Å². The Bertz CT molecular complexity index is 4930. The number of para-hydroxylation sites is 4. The number of nitrogens with one attached hydrogen (secondary N) is 1. The average molecular weight is 1370 g/mol. The molecule has 11 aromatic rings. The van der Waals surface area contributed by atoms with Crippen LogP contribution in [0.2, 0.25) is 0 Å². The molecule has 1 saturated carbocycles. The Balaban J connectivity index is 0.000000120. The molecule has 8 heterocycles. The summed E-state index contributed by atoms with van der Waals surface area (Å²) in [5.41, 5.74) is 26.0. The van der Waals surface area contributed by atoms with Crippen LogP contribution in [0.3, 0.4) is 0 Å². The second-order valence-electron chi connectivity index (χ2n) is 25.3. The number of rotatable bonds is 8. The number of hydrogen-bond donors (Lipinski definition) is 2. The molecule has 494 valence electrons. The summed E-state index contributed by atoms with van der Waals surface area (Å²) >= 11 is 6.95. The third-order valence-electron chi connectivity index (χ3n) is 18.5. The third kappa shape index (κ3) is 14.2. The van der Waals surface area contributed by atoms with Crippen molar-refractivity contribution in [2.75, 3.05) is 46.2 Å². The molecule has 1 fully saturated rings. The quantitative estimate of drug-likeness (QED) is 0.147. The monoisotopic (exact) mass is 1370 g/mol. The van der Waals surface area contributed by atoms with Gasteiger partial charge in [-0.3, -0.25) is 19.2 Å². The number of nitrogens with two attached hydrogens (primary N) is 1. The fourth-order valence-corrected chi connectivity index (χ4v) is 17.1. The lowest BCUT2D eigenvalue weighted by atomic mass is 9.98. The molecule has 14 nitrogen and oxygen atoms in total. The maximum atomic E-state index is 13.5. The van der Waals surface area contributed by atoms with Crippen LogP contribution in [0.15, 0.2) is 152 Å². The van der Waals surface area contributed by atoms with Crippen molar-refractivity contribution in [3.63, 3.8) is 0 Å². The van der Waals surface area contributed by atoms with Crippen molar-refractivity contribution >= 4 is 91.6 Å². The summed E-state index contributed by atoms with van der Waals surface area (Å²) < 4.78 is 0. The number of carbonyl (C=O) groups excluding carboxylic acids is 4.